The van der Waals surface area contributed by atoms with Crippen LogP contribution in [0.1, 0.15) is 12.5 Å². The van der Waals surface area contributed by atoms with Crippen molar-refractivity contribution in [1.82, 2.24) is 0 Å². The van der Waals surface area contributed by atoms with Gasteiger partial charge in [0.05, 0.1) is 5.69 Å². The molecular weight excluding hydrogens is 281 g/mol. The van der Waals surface area contributed by atoms with Gasteiger partial charge in [-0.05, 0) is 48.9 Å². The van der Waals surface area contributed by atoms with Crippen LogP contribution < -0.4 is 0 Å². The maximum absolute atomic E-state index is 12.8. The van der Waals surface area contributed by atoms with E-state index in [1.165, 1.54) is 12.1 Å². The lowest BCUT2D eigenvalue weighted by Crippen LogP contribution is -1.93. The number of rotatable bonds is 2. The van der Waals surface area contributed by atoms with Gasteiger partial charge in [-0.3, -0.25) is 4.99 Å². The highest BCUT2D eigenvalue weighted by atomic mass is 79.9. The average molecular weight is 292 g/mol. The molecule has 0 amide bonds. The third-order valence-corrected chi connectivity index (χ3v) is 2.91. The minimum atomic E-state index is -0.231. The summed E-state index contributed by atoms with van der Waals surface area (Å²) < 4.78 is 13.8. The van der Waals surface area contributed by atoms with Crippen LogP contribution in [-0.2, 0) is 0 Å². The van der Waals surface area contributed by atoms with E-state index >= 15 is 0 Å². The molecule has 0 radical (unpaired) electrons. The quantitative estimate of drug-likeness (QED) is 0.710. The molecule has 0 bridgehead atoms. The molecule has 1 nitrogen and oxygen atoms in total. The van der Waals surface area contributed by atoms with Crippen molar-refractivity contribution in [2.75, 3.05) is 0 Å². The lowest BCUT2D eigenvalue weighted by Gasteiger charge is -2.01. The van der Waals surface area contributed by atoms with Crippen LogP contribution in [0.4, 0.5) is 10.1 Å². The molecule has 0 spiro atoms. The summed E-state index contributed by atoms with van der Waals surface area (Å²) in [4.78, 5) is 4.47. The Morgan fingerprint density at radius 1 is 1.00 bits per heavy atom. The van der Waals surface area contributed by atoms with Crippen molar-refractivity contribution < 1.29 is 4.39 Å². The molecule has 2 aromatic rings. The highest BCUT2D eigenvalue weighted by molar-refractivity contribution is 9.10. The Morgan fingerprint density at radius 2 is 1.59 bits per heavy atom. The van der Waals surface area contributed by atoms with Crippen molar-refractivity contribution in [3.8, 4) is 0 Å². The number of benzene rings is 2. The van der Waals surface area contributed by atoms with Crippen LogP contribution in [0.5, 0.6) is 0 Å². The number of halogens is 2. The number of hydrogen-bond donors (Lipinski definition) is 0. The van der Waals surface area contributed by atoms with Crippen LogP contribution in [0.25, 0.3) is 0 Å². The van der Waals surface area contributed by atoms with Gasteiger partial charge in [-0.1, -0.05) is 28.1 Å². The number of aliphatic imine (C=N–C) groups is 1. The second-order valence-electron chi connectivity index (χ2n) is 3.68. The summed E-state index contributed by atoms with van der Waals surface area (Å²) in [5.41, 5.74) is 2.68. The summed E-state index contributed by atoms with van der Waals surface area (Å²) in [7, 11) is 0. The van der Waals surface area contributed by atoms with E-state index < -0.39 is 0 Å². The molecule has 2 rings (SSSR count). The number of nitrogens with zero attached hydrogens (tertiary/aromatic N) is 1. The van der Waals surface area contributed by atoms with Crippen molar-refractivity contribution >= 4 is 27.3 Å². The van der Waals surface area contributed by atoms with Gasteiger partial charge in [-0.25, -0.2) is 4.39 Å². The first-order valence-electron chi connectivity index (χ1n) is 5.22. The van der Waals surface area contributed by atoms with Crippen LogP contribution in [-0.4, -0.2) is 5.71 Å². The van der Waals surface area contributed by atoms with Crippen LogP contribution >= 0.6 is 15.9 Å². The fourth-order valence-corrected chi connectivity index (χ4v) is 1.73. The molecular formula is C14H11BrFN. The lowest BCUT2D eigenvalue weighted by molar-refractivity contribution is 0.628. The highest BCUT2D eigenvalue weighted by Crippen LogP contribution is 2.18. The van der Waals surface area contributed by atoms with Gasteiger partial charge in [-0.15, -0.1) is 0 Å². The van der Waals surface area contributed by atoms with E-state index in [4.69, 9.17) is 0 Å². The third kappa shape index (κ3) is 3.24. The fourth-order valence-electron chi connectivity index (χ4n) is 1.46. The predicted molar refractivity (Wildman–Crippen MR) is 72.4 cm³/mol. The second-order valence-corrected chi connectivity index (χ2v) is 4.60. The topological polar surface area (TPSA) is 12.4 Å². The predicted octanol–water partition coefficient (Wildman–Crippen LogP) is 4.73. The third-order valence-electron chi connectivity index (χ3n) is 2.39. The van der Waals surface area contributed by atoms with Crippen LogP contribution in [0.3, 0.4) is 0 Å². The maximum atomic E-state index is 12.8. The van der Waals surface area contributed by atoms with Gasteiger partial charge < -0.3 is 0 Å². The molecule has 0 N–H and O–H groups in total. The zero-order valence-corrected chi connectivity index (χ0v) is 10.9. The fraction of sp³-hybridized carbons (Fsp3) is 0.0714. The average Bonchev–Trinajstić information content (AvgIpc) is 2.33. The van der Waals surface area contributed by atoms with E-state index in [0.717, 1.165) is 21.4 Å². The minimum Gasteiger partial charge on any atom is -0.253 e. The molecule has 0 saturated heterocycles. The van der Waals surface area contributed by atoms with Gasteiger partial charge in [-0.2, -0.15) is 0 Å². The molecule has 2 aromatic carbocycles. The van der Waals surface area contributed by atoms with Crippen molar-refractivity contribution in [2.24, 2.45) is 4.99 Å². The maximum Gasteiger partial charge on any atom is 0.123 e. The summed E-state index contributed by atoms with van der Waals surface area (Å²) in [5.74, 6) is -0.231. The molecule has 3 heteroatoms. The van der Waals surface area contributed by atoms with Gasteiger partial charge in [0.25, 0.3) is 0 Å². The first-order chi connectivity index (χ1) is 8.15. The summed E-state index contributed by atoms with van der Waals surface area (Å²) in [6.45, 7) is 1.91. The molecule has 0 atom stereocenters. The summed E-state index contributed by atoms with van der Waals surface area (Å²) in [5, 5.41) is 0. The van der Waals surface area contributed by atoms with E-state index in [2.05, 4.69) is 20.9 Å². The van der Waals surface area contributed by atoms with E-state index in [9.17, 15) is 4.39 Å². The molecule has 0 unspecified atom stereocenters. The van der Waals surface area contributed by atoms with E-state index in [0.29, 0.717) is 0 Å². The van der Waals surface area contributed by atoms with Crippen molar-refractivity contribution in [3.63, 3.8) is 0 Å². The van der Waals surface area contributed by atoms with Crippen LogP contribution in [0.2, 0.25) is 0 Å². The number of hydrogen-bond acceptors (Lipinski definition) is 1. The zero-order chi connectivity index (χ0) is 12.3. The Bertz CT molecular complexity index is 529. The molecule has 17 heavy (non-hydrogen) atoms. The van der Waals surface area contributed by atoms with Gasteiger partial charge >= 0.3 is 0 Å². The summed E-state index contributed by atoms with van der Waals surface area (Å²) >= 11 is 3.37. The van der Waals surface area contributed by atoms with Gasteiger partial charge in [0, 0.05) is 10.2 Å². The Morgan fingerprint density at radius 3 is 2.18 bits per heavy atom. The molecule has 0 heterocycles. The van der Waals surface area contributed by atoms with E-state index in [1.54, 1.807) is 12.1 Å². The molecule has 0 aliphatic carbocycles. The highest BCUT2D eigenvalue weighted by Gasteiger charge is 1.98. The van der Waals surface area contributed by atoms with Crippen molar-refractivity contribution in [1.29, 1.82) is 0 Å². The van der Waals surface area contributed by atoms with Gasteiger partial charge in [0.2, 0.25) is 0 Å². The van der Waals surface area contributed by atoms with Crippen LogP contribution in [0, 0.1) is 5.82 Å². The molecule has 0 aliphatic heterocycles. The SMILES string of the molecule is C/C(=N/c1ccc(Br)cc1)c1ccc(F)cc1. The van der Waals surface area contributed by atoms with E-state index in [1.807, 2.05) is 31.2 Å². The zero-order valence-electron chi connectivity index (χ0n) is 9.32. The first-order valence-corrected chi connectivity index (χ1v) is 6.01. The summed E-state index contributed by atoms with van der Waals surface area (Å²) in [6.07, 6.45) is 0. The second kappa shape index (κ2) is 5.23. The van der Waals surface area contributed by atoms with Gasteiger partial charge in [0.15, 0.2) is 0 Å². The Balaban J connectivity index is 2.27. The largest absolute Gasteiger partial charge is 0.253 e. The summed E-state index contributed by atoms with van der Waals surface area (Å²) in [6, 6.07) is 14.1. The lowest BCUT2D eigenvalue weighted by atomic mass is 10.1. The smallest absolute Gasteiger partial charge is 0.123 e. The van der Waals surface area contributed by atoms with Crippen LogP contribution in [0.15, 0.2) is 58.0 Å². The van der Waals surface area contributed by atoms with Crippen molar-refractivity contribution in [2.45, 2.75) is 6.92 Å². The molecule has 0 aromatic heterocycles. The van der Waals surface area contributed by atoms with Gasteiger partial charge in [0.1, 0.15) is 5.82 Å². The minimum absolute atomic E-state index is 0.231. The first kappa shape index (κ1) is 12.0. The van der Waals surface area contributed by atoms with Crippen molar-refractivity contribution in [3.05, 3.63) is 64.4 Å². The Hall–Kier alpha value is -1.48. The Labute approximate surface area is 108 Å². The normalized spacial score (nSPS) is 11.6. The molecule has 0 aliphatic rings. The monoisotopic (exact) mass is 291 g/mol. The molecule has 0 saturated carbocycles. The molecule has 0 fully saturated rings. The standard InChI is InChI=1S/C14H11BrFN/c1-10(11-2-6-13(16)7-3-11)17-14-8-4-12(15)5-9-14/h2-9H,1H3/b17-10-. The Kier molecular flexibility index (Phi) is 3.69. The molecule has 86 valence electrons. The van der Waals surface area contributed by atoms with E-state index in [-0.39, 0.29) is 5.82 Å².